The lowest BCUT2D eigenvalue weighted by Crippen LogP contribution is -2.08. The van der Waals surface area contributed by atoms with Crippen molar-refractivity contribution in [2.75, 3.05) is 6.61 Å². The van der Waals surface area contributed by atoms with Crippen LogP contribution in [0.3, 0.4) is 0 Å². The third-order valence-electron chi connectivity index (χ3n) is 3.78. The Kier molecular flexibility index (Phi) is 7.29. The zero-order chi connectivity index (χ0) is 18.1. The van der Waals surface area contributed by atoms with E-state index in [0.29, 0.717) is 6.61 Å². The van der Waals surface area contributed by atoms with E-state index in [1.165, 1.54) is 30.6 Å². The summed E-state index contributed by atoms with van der Waals surface area (Å²) >= 11 is 0. The number of ether oxygens (including phenoxy) is 1. The van der Waals surface area contributed by atoms with E-state index in [0.717, 1.165) is 29.7 Å². The summed E-state index contributed by atoms with van der Waals surface area (Å²) < 4.78 is 32.4. The van der Waals surface area contributed by atoms with E-state index < -0.39 is 0 Å². The molecule has 3 nitrogen and oxygen atoms in total. The topological polar surface area (TPSA) is 47.6 Å². The standard InChI is InChI=1S/C20H22F2N2O/c1-2-19(24-14-23)4-3-13-25-20(15-5-9-17(21)10-6-15)16-7-11-18(22)12-8-16/h2,5-12,14,20H,3-4,13H2,1H3,(H2,23,24)/b19-2-. The van der Waals surface area contributed by atoms with Crippen LogP contribution in [-0.2, 0) is 4.74 Å². The van der Waals surface area contributed by atoms with Gasteiger partial charge in [0.1, 0.15) is 17.7 Å². The molecule has 25 heavy (non-hydrogen) atoms. The van der Waals surface area contributed by atoms with Gasteiger partial charge in [-0.15, -0.1) is 0 Å². The van der Waals surface area contributed by atoms with Crippen LogP contribution in [0, 0.1) is 11.6 Å². The van der Waals surface area contributed by atoms with Crippen molar-refractivity contribution in [3.8, 4) is 0 Å². The highest BCUT2D eigenvalue weighted by molar-refractivity contribution is 5.53. The summed E-state index contributed by atoms with van der Waals surface area (Å²) in [5, 5.41) is 0. The summed E-state index contributed by atoms with van der Waals surface area (Å²) in [4.78, 5) is 4.07. The minimum atomic E-state index is -0.381. The normalized spacial score (nSPS) is 12.2. The number of aliphatic imine (C=N–C) groups is 1. The number of nitrogens with two attached hydrogens (primary N) is 1. The minimum Gasteiger partial charge on any atom is -0.390 e. The molecule has 0 fully saturated rings. The monoisotopic (exact) mass is 344 g/mol. The molecule has 0 aromatic heterocycles. The molecule has 5 heteroatoms. The fourth-order valence-electron chi connectivity index (χ4n) is 2.49. The Balaban J connectivity index is 2.07. The van der Waals surface area contributed by atoms with Gasteiger partial charge < -0.3 is 10.5 Å². The molecule has 0 bridgehead atoms. The van der Waals surface area contributed by atoms with Crippen LogP contribution in [0.5, 0.6) is 0 Å². The van der Waals surface area contributed by atoms with Gasteiger partial charge in [-0.1, -0.05) is 30.3 Å². The van der Waals surface area contributed by atoms with Gasteiger partial charge in [-0.05, 0) is 55.2 Å². The van der Waals surface area contributed by atoms with Gasteiger partial charge in [-0.25, -0.2) is 13.8 Å². The lowest BCUT2D eigenvalue weighted by molar-refractivity contribution is 0.0782. The number of benzene rings is 2. The van der Waals surface area contributed by atoms with Gasteiger partial charge in [0.2, 0.25) is 0 Å². The van der Waals surface area contributed by atoms with E-state index in [9.17, 15) is 8.78 Å². The van der Waals surface area contributed by atoms with E-state index in [1.54, 1.807) is 24.3 Å². The van der Waals surface area contributed by atoms with Crippen molar-refractivity contribution in [3.63, 3.8) is 0 Å². The minimum absolute atomic E-state index is 0.307. The third kappa shape index (κ3) is 5.80. The van der Waals surface area contributed by atoms with Crippen LogP contribution in [0.25, 0.3) is 0 Å². The van der Waals surface area contributed by atoms with Crippen molar-refractivity contribution >= 4 is 6.34 Å². The first kappa shape index (κ1) is 18.8. The van der Waals surface area contributed by atoms with Crippen molar-refractivity contribution in [1.29, 1.82) is 0 Å². The first-order chi connectivity index (χ1) is 12.1. The van der Waals surface area contributed by atoms with Gasteiger partial charge in [-0.2, -0.15) is 0 Å². The first-order valence-electron chi connectivity index (χ1n) is 8.16. The molecule has 132 valence electrons. The molecule has 2 N–H and O–H groups in total. The zero-order valence-corrected chi connectivity index (χ0v) is 14.2. The Labute approximate surface area is 146 Å². The molecule has 2 aromatic carbocycles. The molecule has 0 aliphatic rings. The van der Waals surface area contributed by atoms with Gasteiger partial charge in [0.25, 0.3) is 0 Å². The van der Waals surface area contributed by atoms with Crippen molar-refractivity contribution < 1.29 is 13.5 Å². The Morgan fingerprint density at radius 3 is 2.00 bits per heavy atom. The van der Waals surface area contributed by atoms with Gasteiger partial charge in [-0.3, -0.25) is 0 Å². The first-order valence-corrected chi connectivity index (χ1v) is 8.16. The van der Waals surface area contributed by atoms with Gasteiger partial charge >= 0.3 is 0 Å². The predicted molar refractivity (Wildman–Crippen MR) is 96.3 cm³/mol. The molecule has 0 atom stereocenters. The maximum Gasteiger partial charge on any atom is 0.123 e. The Bertz CT molecular complexity index is 664. The Morgan fingerprint density at radius 2 is 1.56 bits per heavy atom. The van der Waals surface area contributed by atoms with E-state index in [2.05, 4.69) is 4.99 Å². The summed E-state index contributed by atoms with van der Waals surface area (Å²) in [7, 11) is 0. The van der Waals surface area contributed by atoms with Crippen LogP contribution in [0.15, 0.2) is 65.3 Å². The average Bonchev–Trinajstić information content (AvgIpc) is 2.63. The molecule has 0 saturated carbocycles. The molecule has 0 amide bonds. The number of hydrogen-bond acceptors (Lipinski definition) is 2. The highest BCUT2D eigenvalue weighted by Gasteiger charge is 2.15. The van der Waals surface area contributed by atoms with Crippen LogP contribution in [-0.4, -0.2) is 12.9 Å². The fraction of sp³-hybridized carbons (Fsp3) is 0.250. The second-order valence-electron chi connectivity index (χ2n) is 5.52. The maximum atomic E-state index is 13.2. The number of hydrogen-bond donors (Lipinski definition) is 1. The second kappa shape index (κ2) is 9.69. The molecular formula is C20H22F2N2O. The molecule has 0 saturated heterocycles. The lowest BCUT2D eigenvalue weighted by Gasteiger charge is -2.19. The lowest BCUT2D eigenvalue weighted by atomic mass is 10.0. The SMILES string of the molecule is C/C=C(/CCCOC(c1ccc(F)cc1)c1ccc(F)cc1)N=CN. The largest absolute Gasteiger partial charge is 0.390 e. The van der Waals surface area contributed by atoms with Gasteiger partial charge in [0.05, 0.1) is 6.34 Å². The molecule has 0 radical (unpaired) electrons. The van der Waals surface area contributed by atoms with E-state index in [-0.39, 0.29) is 17.7 Å². The third-order valence-corrected chi connectivity index (χ3v) is 3.78. The zero-order valence-electron chi connectivity index (χ0n) is 14.2. The summed E-state index contributed by atoms with van der Waals surface area (Å²) in [6.45, 7) is 2.39. The van der Waals surface area contributed by atoms with E-state index >= 15 is 0 Å². The molecule has 0 aliphatic heterocycles. The van der Waals surface area contributed by atoms with Gasteiger partial charge in [0.15, 0.2) is 0 Å². The highest BCUT2D eigenvalue weighted by Crippen LogP contribution is 2.27. The molecular weight excluding hydrogens is 322 g/mol. The van der Waals surface area contributed by atoms with Crippen LogP contribution in [0.2, 0.25) is 0 Å². The number of rotatable bonds is 8. The van der Waals surface area contributed by atoms with Crippen LogP contribution in [0.1, 0.15) is 37.0 Å². The van der Waals surface area contributed by atoms with E-state index in [4.69, 9.17) is 10.5 Å². The molecule has 0 heterocycles. The van der Waals surface area contributed by atoms with Crippen molar-refractivity contribution in [2.45, 2.75) is 25.9 Å². The van der Waals surface area contributed by atoms with Crippen LogP contribution < -0.4 is 5.73 Å². The summed E-state index contributed by atoms with van der Waals surface area (Å²) in [6, 6.07) is 12.3. The number of halogens is 2. The van der Waals surface area contributed by atoms with Crippen LogP contribution >= 0.6 is 0 Å². The predicted octanol–water partition coefficient (Wildman–Crippen LogP) is 4.74. The van der Waals surface area contributed by atoms with Crippen molar-refractivity contribution in [2.24, 2.45) is 10.7 Å². The molecule has 0 aliphatic carbocycles. The quantitative estimate of drug-likeness (QED) is 0.427. The smallest absolute Gasteiger partial charge is 0.123 e. The van der Waals surface area contributed by atoms with Gasteiger partial charge in [0, 0.05) is 12.3 Å². The molecule has 0 unspecified atom stereocenters. The Hall–Kier alpha value is -2.53. The molecule has 2 aromatic rings. The number of nitrogens with zero attached hydrogens (tertiary/aromatic N) is 1. The highest BCUT2D eigenvalue weighted by atomic mass is 19.1. The second-order valence-corrected chi connectivity index (χ2v) is 5.52. The van der Waals surface area contributed by atoms with Crippen molar-refractivity contribution in [3.05, 3.63) is 83.1 Å². The summed E-state index contributed by atoms with van der Waals surface area (Å²) in [6.07, 6.45) is 4.30. The summed E-state index contributed by atoms with van der Waals surface area (Å²) in [5.41, 5.74) is 7.84. The molecule has 2 rings (SSSR count). The van der Waals surface area contributed by atoms with Crippen molar-refractivity contribution in [1.82, 2.24) is 0 Å². The summed E-state index contributed by atoms with van der Waals surface area (Å²) in [5.74, 6) is -0.613. The van der Waals surface area contributed by atoms with E-state index in [1.807, 2.05) is 13.0 Å². The number of allylic oxidation sites excluding steroid dienone is 2. The van der Waals surface area contributed by atoms with Crippen LogP contribution in [0.4, 0.5) is 8.78 Å². The molecule has 0 spiro atoms. The maximum absolute atomic E-state index is 13.2. The fourth-order valence-corrected chi connectivity index (χ4v) is 2.49. The Morgan fingerprint density at radius 1 is 1.04 bits per heavy atom. The average molecular weight is 344 g/mol.